The van der Waals surface area contributed by atoms with Crippen LogP contribution in [0.25, 0.3) is 0 Å². The van der Waals surface area contributed by atoms with Gasteiger partial charge in [-0.1, -0.05) is 0 Å². The molecule has 0 aliphatic carbocycles. The SMILES string of the molecule is COC(=O)C(C)Nc1ccc(OCCNC(=O)OC(C)(C)C)cc1. The van der Waals surface area contributed by atoms with E-state index in [1.54, 1.807) is 52.0 Å². The fraction of sp³-hybridized carbons (Fsp3) is 0.529. The highest BCUT2D eigenvalue weighted by Gasteiger charge is 2.15. The van der Waals surface area contributed by atoms with Crippen LogP contribution in [0.1, 0.15) is 27.7 Å². The Morgan fingerprint density at radius 2 is 1.79 bits per heavy atom. The highest BCUT2D eigenvalue weighted by atomic mass is 16.6. The summed E-state index contributed by atoms with van der Waals surface area (Å²) in [7, 11) is 1.35. The Kier molecular flexibility index (Phi) is 7.35. The van der Waals surface area contributed by atoms with E-state index in [9.17, 15) is 9.59 Å². The molecule has 0 heterocycles. The average Bonchev–Trinajstić information content (AvgIpc) is 2.50. The van der Waals surface area contributed by atoms with Crippen molar-refractivity contribution in [2.24, 2.45) is 0 Å². The van der Waals surface area contributed by atoms with Crippen LogP contribution >= 0.6 is 0 Å². The third kappa shape index (κ3) is 7.71. The largest absolute Gasteiger partial charge is 0.492 e. The molecule has 0 radical (unpaired) electrons. The van der Waals surface area contributed by atoms with Crippen LogP contribution in [0.4, 0.5) is 10.5 Å². The Labute approximate surface area is 142 Å². The lowest BCUT2D eigenvalue weighted by molar-refractivity contribution is -0.141. The number of hydrogen-bond donors (Lipinski definition) is 2. The molecule has 2 N–H and O–H groups in total. The number of ether oxygens (including phenoxy) is 3. The molecule has 1 aromatic rings. The molecule has 1 atom stereocenters. The molecule has 134 valence electrons. The predicted molar refractivity (Wildman–Crippen MR) is 91.3 cm³/mol. The van der Waals surface area contributed by atoms with Crippen molar-refractivity contribution in [2.45, 2.75) is 39.3 Å². The molecular formula is C17H26N2O5. The summed E-state index contributed by atoms with van der Waals surface area (Å²) in [6.07, 6.45) is -0.470. The smallest absolute Gasteiger partial charge is 0.407 e. The fourth-order valence-electron chi connectivity index (χ4n) is 1.77. The van der Waals surface area contributed by atoms with Gasteiger partial charge in [0.15, 0.2) is 0 Å². The molecule has 0 aliphatic rings. The minimum Gasteiger partial charge on any atom is -0.492 e. The standard InChI is InChI=1S/C17H26N2O5/c1-12(15(20)22-5)19-13-6-8-14(9-7-13)23-11-10-18-16(21)24-17(2,3)4/h6-9,12,19H,10-11H2,1-5H3,(H,18,21). The molecule has 1 unspecified atom stereocenters. The lowest BCUT2D eigenvalue weighted by Crippen LogP contribution is -2.34. The van der Waals surface area contributed by atoms with Gasteiger partial charge in [-0.3, -0.25) is 0 Å². The normalized spacial score (nSPS) is 12.0. The van der Waals surface area contributed by atoms with E-state index in [0.717, 1.165) is 5.69 Å². The zero-order valence-electron chi connectivity index (χ0n) is 14.8. The van der Waals surface area contributed by atoms with Gasteiger partial charge in [0.2, 0.25) is 0 Å². The van der Waals surface area contributed by atoms with Crippen molar-refractivity contribution in [1.29, 1.82) is 0 Å². The summed E-state index contributed by atoms with van der Waals surface area (Å²) in [4.78, 5) is 22.8. The summed E-state index contributed by atoms with van der Waals surface area (Å²) in [5, 5.41) is 5.64. The van der Waals surface area contributed by atoms with E-state index in [2.05, 4.69) is 15.4 Å². The number of alkyl carbamates (subject to hydrolysis) is 1. The summed E-state index contributed by atoms with van der Waals surface area (Å²) < 4.78 is 15.3. The second kappa shape index (κ2) is 9.00. The molecule has 0 bridgehead atoms. The number of nitrogens with one attached hydrogen (secondary N) is 2. The lowest BCUT2D eigenvalue weighted by atomic mass is 10.2. The molecule has 1 rings (SSSR count). The van der Waals surface area contributed by atoms with Gasteiger partial charge in [-0.2, -0.15) is 0 Å². The van der Waals surface area contributed by atoms with Crippen molar-refractivity contribution in [3.63, 3.8) is 0 Å². The van der Waals surface area contributed by atoms with Crippen molar-refractivity contribution in [3.05, 3.63) is 24.3 Å². The Morgan fingerprint density at radius 3 is 2.33 bits per heavy atom. The molecule has 1 amide bonds. The molecule has 0 saturated heterocycles. The van der Waals surface area contributed by atoms with Crippen LogP contribution < -0.4 is 15.4 Å². The quantitative estimate of drug-likeness (QED) is 0.587. The van der Waals surface area contributed by atoms with Crippen LogP contribution in [-0.2, 0) is 14.3 Å². The molecular weight excluding hydrogens is 312 g/mol. The van der Waals surface area contributed by atoms with Gasteiger partial charge in [-0.25, -0.2) is 9.59 Å². The topological polar surface area (TPSA) is 85.9 Å². The number of rotatable bonds is 7. The number of carbonyl (C=O) groups excluding carboxylic acids is 2. The van der Waals surface area contributed by atoms with Crippen molar-refractivity contribution < 1.29 is 23.8 Å². The van der Waals surface area contributed by atoms with E-state index in [0.29, 0.717) is 18.9 Å². The van der Waals surface area contributed by atoms with Gasteiger partial charge in [-0.15, -0.1) is 0 Å². The molecule has 0 fully saturated rings. The summed E-state index contributed by atoms with van der Waals surface area (Å²) >= 11 is 0. The van der Waals surface area contributed by atoms with Gasteiger partial charge in [0, 0.05) is 5.69 Å². The van der Waals surface area contributed by atoms with E-state index < -0.39 is 17.7 Å². The summed E-state index contributed by atoms with van der Waals surface area (Å²) in [6, 6.07) is 6.73. The number of esters is 1. The van der Waals surface area contributed by atoms with Gasteiger partial charge < -0.3 is 24.8 Å². The van der Waals surface area contributed by atoms with E-state index in [1.165, 1.54) is 7.11 Å². The van der Waals surface area contributed by atoms with Crippen molar-refractivity contribution in [3.8, 4) is 5.75 Å². The maximum absolute atomic E-state index is 11.5. The number of carbonyl (C=O) groups is 2. The zero-order chi connectivity index (χ0) is 18.2. The summed E-state index contributed by atoms with van der Waals surface area (Å²) in [5.41, 5.74) is 0.266. The van der Waals surface area contributed by atoms with Crippen molar-refractivity contribution >= 4 is 17.7 Å². The number of amides is 1. The first-order chi connectivity index (χ1) is 11.2. The monoisotopic (exact) mass is 338 g/mol. The number of anilines is 1. The molecule has 1 aromatic carbocycles. The van der Waals surface area contributed by atoms with E-state index in [-0.39, 0.29) is 5.97 Å². The summed E-state index contributed by atoms with van der Waals surface area (Å²) in [5.74, 6) is 0.334. The Hall–Kier alpha value is -2.44. The number of benzene rings is 1. The van der Waals surface area contributed by atoms with Crippen LogP contribution in [-0.4, -0.2) is 44.0 Å². The van der Waals surface area contributed by atoms with Crippen LogP contribution in [0.5, 0.6) is 5.75 Å². The zero-order valence-corrected chi connectivity index (χ0v) is 14.8. The van der Waals surface area contributed by atoms with Gasteiger partial charge in [0.1, 0.15) is 24.0 Å². The number of methoxy groups -OCH3 is 1. The Balaban J connectivity index is 2.32. The van der Waals surface area contributed by atoms with Crippen molar-refractivity contribution in [1.82, 2.24) is 5.32 Å². The first kappa shape index (κ1) is 19.6. The van der Waals surface area contributed by atoms with Crippen LogP contribution in [0.2, 0.25) is 0 Å². The van der Waals surface area contributed by atoms with E-state index in [1.807, 2.05) is 0 Å². The van der Waals surface area contributed by atoms with Crippen LogP contribution in [0.3, 0.4) is 0 Å². The second-order valence-corrected chi connectivity index (χ2v) is 6.19. The second-order valence-electron chi connectivity index (χ2n) is 6.19. The first-order valence-electron chi connectivity index (χ1n) is 7.75. The minimum absolute atomic E-state index is 0.324. The van der Waals surface area contributed by atoms with Crippen LogP contribution in [0.15, 0.2) is 24.3 Å². The first-order valence-corrected chi connectivity index (χ1v) is 7.75. The molecule has 0 saturated carbocycles. The summed E-state index contributed by atoms with van der Waals surface area (Å²) in [6.45, 7) is 7.80. The maximum Gasteiger partial charge on any atom is 0.407 e. The minimum atomic E-state index is -0.519. The van der Waals surface area contributed by atoms with E-state index in [4.69, 9.17) is 9.47 Å². The molecule has 24 heavy (non-hydrogen) atoms. The highest BCUT2D eigenvalue weighted by Crippen LogP contribution is 2.16. The van der Waals surface area contributed by atoms with Gasteiger partial charge in [-0.05, 0) is 52.0 Å². The molecule has 0 spiro atoms. The van der Waals surface area contributed by atoms with Gasteiger partial charge in [0.05, 0.1) is 13.7 Å². The van der Waals surface area contributed by atoms with Gasteiger partial charge >= 0.3 is 12.1 Å². The fourth-order valence-corrected chi connectivity index (χ4v) is 1.77. The third-order valence-electron chi connectivity index (χ3n) is 2.83. The maximum atomic E-state index is 11.5. The molecule has 7 nitrogen and oxygen atoms in total. The molecule has 7 heteroatoms. The highest BCUT2D eigenvalue weighted by molar-refractivity contribution is 5.78. The Bertz CT molecular complexity index is 537. The van der Waals surface area contributed by atoms with E-state index >= 15 is 0 Å². The number of hydrogen-bond acceptors (Lipinski definition) is 6. The lowest BCUT2D eigenvalue weighted by Gasteiger charge is -2.19. The third-order valence-corrected chi connectivity index (χ3v) is 2.83. The van der Waals surface area contributed by atoms with Gasteiger partial charge in [0.25, 0.3) is 0 Å². The molecule has 0 aliphatic heterocycles. The predicted octanol–water partition coefficient (Wildman–Crippen LogP) is 2.56. The van der Waals surface area contributed by atoms with Crippen LogP contribution in [0, 0.1) is 0 Å². The Morgan fingerprint density at radius 1 is 1.17 bits per heavy atom. The average molecular weight is 338 g/mol. The molecule has 0 aromatic heterocycles. The van der Waals surface area contributed by atoms with Crippen molar-refractivity contribution in [2.75, 3.05) is 25.6 Å².